The fourth-order valence-corrected chi connectivity index (χ4v) is 2.21. The molecule has 0 unspecified atom stereocenters. The van der Waals surface area contributed by atoms with Crippen molar-refractivity contribution in [3.8, 4) is 5.69 Å². The summed E-state index contributed by atoms with van der Waals surface area (Å²) >= 11 is 0. The summed E-state index contributed by atoms with van der Waals surface area (Å²) in [6.45, 7) is 3.59. The first-order valence-electron chi connectivity index (χ1n) is 7.67. The van der Waals surface area contributed by atoms with Crippen molar-refractivity contribution in [2.45, 2.75) is 26.3 Å². The number of hydrogen-bond donors (Lipinski definition) is 2. The molecule has 2 rings (SSSR count). The van der Waals surface area contributed by atoms with E-state index in [1.54, 1.807) is 6.92 Å². The van der Waals surface area contributed by atoms with Gasteiger partial charge in [0.1, 0.15) is 6.04 Å². The van der Waals surface area contributed by atoms with Crippen molar-refractivity contribution in [3.05, 3.63) is 52.3 Å². The van der Waals surface area contributed by atoms with Crippen LogP contribution in [-0.2, 0) is 4.79 Å². The summed E-state index contributed by atoms with van der Waals surface area (Å²) in [4.78, 5) is 33.7. The number of aromatic nitrogens is 2. The summed E-state index contributed by atoms with van der Waals surface area (Å²) in [5, 5.41) is 26.5. The van der Waals surface area contributed by atoms with Crippen LogP contribution in [-0.4, -0.2) is 37.7 Å². The van der Waals surface area contributed by atoms with Gasteiger partial charge in [0.2, 0.25) is 0 Å². The van der Waals surface area contributed by atoms with Crippen LogP contribution in [0.3, 0.4) is 0 Å². The highest BCUT2D eigenvalue weighted by molar-refractivity contribution is 5.95. The van der Waals surface area contributed by atoms with E-state index >= 15 is 0 Å². The van der Waals surface area contributed by atoms with Crippen LogP contribution in [0.25, 0.3) is 5.69 Å². The molecule has 132 valence electrons. The van der Waals surface area contributed by atoms with Crippen LogP contribution in [0.15, 0.2) is 36.5 Å². The number of non-ortho nitro benzene ring substituents is 1. The number of nitrogens with zero attached hydrogens (tertiary/aromatic N) is 3. The molecular weight excluding hydrogens is 328 g/mol. The Hall–Kier alpha value is -3.23. The van der Waals surface area contributed by atoms with Crippen LogP contribution in [0.5, 0.6) is 0 Å². The second-order valence-corrected chi connectivity index (χ2v) is 5.59. The lowest BCUT2D eigenvalue weighted by molar-refractivity contribution is -0.384. The minimum absolute atomic E-state index is 0.0493. The van der Waals surface area contributed by atoms with E-state index in [-0.39, 0.29) is 17.3 Å². The van der Waals surface area contributed by atoms with Crippen molar-refractivity contribution in [2.24, 2.45) is 5.92 Å². The molecular formula is C16H18N4O5. The SMILES string of the molecule is CC[C@H](C)[C@H](NC(=O)c1ccn(-c2ccc([N+](=O)[O-])cc2)n1)C(=O)O. The van der Waals surface area contributed by atoms with Gasteiger partial charge in [-0.15, -0.1) is 0 Å². The van der Waals surface area contributed by atoms with E-state index in [0.29, 0.717) is 12.1 Å². The van der Waals surface area contributed by atoms with Crippen molar-refractivity contribution in [1.29, 1.82) is 0 Å². The zero-order chi connectivity index (χ0) is 18.6. The van der Waals surface area contributed by atoms with Crippen LogP contribution in [0.1, 0.15) is 30.8 Å². The summed E-state index contributed by atoms with van der Waals surface area (Å²) < 4.78 is 1.39. The van der Waals surface area contributed by atoms with Crippen molar-refractivity contribution < 1.29 is 19.6 Å². The third-order valence-corrected chi connectivity index (χ3v) is 3.91. The fourth-order valence-electron chi connectivity index (χ4n) is 2.21. The molecule has 2 N–H and O–H groups in total. The molecule has 1 aromatic heterocycles. The lowest BCUT2D eigenvalue weighted by Gasteiger charge is -2.19. The molecule has 0 fully saturated rings. The van der Waals surface area contributed by atoms with Crippen LogP contribution in [0.2, 0.25) is 0 Å². The first kappa shape index (κ1) is 18.1. The van der Waals surface area contributed by atoms with E-state index in [9.17, 15) is 24.8 Å². The molecule has 0 saturated carbocycles. The zero-order valence-electron chi connectivity index (χ0n) is 13.7. The Morgan fingerprint density at radius 1 is 1.32 bits per heavy atom. The standard InChI is InChI=1S/C16H18N4O5/c1-3-10(2)14(16(22)23)17-15(21)13-8-9-19(18-13)11-4-6-12(7-5-11)20(24)25/h4-10,14H,3H2,1-2H3,(H,17,21)(H,22,23)/t10-,14-/m0/s1. The molecule has 0 saturated heterocycles. The van der Waals surface area contributed by atoms with Crippen molar-refractivity contribution in [3.63, 3.8) is 0 Å². The third-order valence-electron chi connectivity index (χ3n) is 3.91. The number of carboxylic acids is 1. The van der Waals surface area contributed by atoms with Crippen LogP contribution in [0.4, 0.5) is 5.69 Å². The zero-order valence-corrected chi connectivity index (χ0v) is 13.7. The molecule has 1 heterocycles. The highest BCUT2D eigenvalue weighted by Crippen LogP contribution is 2.15. The van der Waals surface area contributed by atoms with Gasteiger partial charge in [0.15, 0.2) is 5.69 Å². The van der Waals surface area contributed by atoms with Gasteiger partial charge >= 0.3 is 5.97 Å². The maximum atomic E-state index is 12.2. The molecule has 1 aromatic carbocycles. The molecule has 9 heteroatoms. The van der Waals surface area contributed by atoms with Gasteiger partial charge in [-0.2, -0.15) is 5.10 Å². The lowest BCUT2D eigenvalue weighted by Crippen LogP contribution is -2.45. The first-order chi connectivity index (χ1) is 11.8. The topological polar surface area (TPSA) is 127 Å². The molecule has 9 nitrogen and oxygen atoms in total. The van der Waals surface area contributed by atoms with Gasteiger partial charge in [-0.1, -0.05) is 20.3 Å². The highest BCUT2D eigenvalue weighted by Gasteiger charge is 2.26. The van der Waals surface area contributed by atoms with Crippen molar-refractivity contribution in [1.82, 2.24) is 15.1 Å². The maximum Gasteiger partial charge on any atom is 0.326 e. The second kappa shape index (κ2) is 7.56. The molecule has 0 bridgehead atoms. The van der Waals surface area contributed by atoms with Gasteiger partial charge in [0.05, 0.1) is 10.6 Å². The average Bonchev–Trinajstić information content (AvgIpc) is 3.08. The van der Waals surface area contributed by atoms with Gasteiger partial charge in [-0.25, -0.2) is 9.48 Å². The Morgan fingerprint density at radius 3 is 2.48 bits per heavy atom. The van der Waals surface area contributed by atoms with Crippen LogP contribution >= 0.6 is 0 Å². The van der Waals surface area contributed by atoms with Gasteiger partial charge < -0.3 is 10.4 Å². The summed E-state index contributed by atoms with van der Waals surface area (Å²) in [6, 6.07) is 6.13. The number of benzene rings is 1. The minimum Gasteiger partial charge on any atom is -0.480 e. The number of nitrogens with one attached hydrogen (secondary N) is 1. The molecule has 0 aliphatic carbocycles. The normalized spacial score (nSPS) is 13.0. The number of aliphatic carboxylic acids is 1. The number of carbonyl (C=O) groups excluding carboxylic acids is 1. The number of nitro benzene ring substituents is 1. The number of nitro groups is 1. The van der Waals surface area contributed by atoms with E-state index in [1.165, 1.54) is 41.2 Å². The van der Waals surface area contributed by atoms with E-state index < -0.39 is 22.8 Å². The van der Waals surface area contributed by atoms with Crippen molar-refractivity contribution >= 4 is 17.6 Å². The number of carbonyl (C=O) groups is 2. The Kier molecular flexibility index (Phi) is 5.48. The third kappa shape index (κ3) is 4.19. The van der Waals surface area contributed by atoms with Crippen LogP contribution in [0, 0.1) is 16.0 Å². The van der Waals surface area contributed by atoms with E-state index in [1.807, 2.05) is 6.92 Å². The average molecular weight is 346 g/mol. The van der Waals surface area contributed by atoms with Crippen LogP contribution < -0.4 is 5.32 Å². The molecule has 2 atom stereocenters. The highest BCUT2D eigenvalue weighted by atomic mass is 16.6. The first-order valence-corrected chi connectivity index (χ1v) is 7.67. The smallest absolute Gasteiger partial charge is 0.326 e. The monoisotopic (exact) mass is 346 g/mol. The maximum absolute atomic E-state index is 12.2. The Labute approximate surface area is 143 Å². The predicted octanol–water partition coefficient (Wildman–Crippen LogP) is 2.01. The molecule has 0 spiro atoms. The lowest BCUT2D eigenvalue weighted by atomic mass is 9.99. The Morgan fingerprint density at radius 2 is 1.96 bits per heavy atom. The number of carboxylic acid groups (broad SMARTS) is 1. The Bertz CT molecular complexity index is 784. The van der Waals surface area contributed by atoms with E-state index in [2.05, 4.69) is 10.4 Å². The molecule has 1 amide bonds. The van der Waals surface area contributed by atoms with Gasteiger partial charge in [0, 0.05) is 18.3 Å². The van der Waals surface area contributed by atoms with Gasteiger partial charge in [-0.05, 0) is 24.1 Å². The van der Waals surface area contributed by atoms with Crippen molar-refractivity contribution in [2.75, 3.05) is 0 Å². The van der Waals surface area contributed by atoms with E-state index in [4.69, 9.17) is 0 Å². The predicted molar refractivity (Wildman–Crippen MR) is 88.6 cm³/mol. The molecule has 0 radical (unpaired) electrons. The Balaban J connectivity index is 2.15. The van der Waals surface area contributed by atoms with E-state index in [0.717, 1.165) is 0 Å². The summed E-state index contributed by atoms with van der Waals surface area (Å²) in [6.07, 6.45) is 2.13. The number of hydrogen-bond acceptors (Lipinski definition) is 5. The second-order valence-electron chi connectivity index (χ2n) is 5.59. The number of rotatable bonds is 7. The fraction of sp³-hybridized carbons (Fsp3) is 0.312. The molecule has 2 aromatic rings. The summed E-state index contributed by atoms with van der Waals surface area (Å²) in [5.74, 6) is -1.91. The minimum atomic E-state index is -1.10. The summed E-state index contributed by atoms with van der Waals surface area (Å²) in [5.41, 5.74) is 0.556. The largest absolute Gasteiger partial charge is 0.480 e. The van der Waals surface area contributed by atoms with Gasteiger partial charge in [0.25, 0.3) is 11.6 Å². The quantitative estimate of drug-likeness (QED) is 0.583. The van der Waals surface area contributed by atoms with Gasteiger partial charge in [-0.3, -0.25) is 14.9 Å². The summed E-state index contributed by atoms with van der Waals surface area (Å²) in [7, 11) is 0. The molecule has 25 heavy (non-hydrogen) atoms. The molecule has 0 aliphatic heterocycles. The number of amides is 1. The molecule has 0 aliphatic rings.